The van der Waals surface area contributed by atoms with Crippen molar-refractivity contribution >= 4 is 33.2 Å². The summed E-state index contributed by atoms with van der Waals surface area (Å²) in [6, 6.07) is 8.39. The predicted molar refractivity (Wildman–Crippen MR) is 86.0 cm³/mol. The molecule has 2 aromatic carbocycles. The van der Waals surface area contributed by atoms with Crippen molar-refractivity contribution in [3.05, 3.63) is 51.2 Å². The van der Waals surface area contributed by atoms with E-state index < -0.39 is 0 Å². The van der Waals surface area contributed by atoms with Crippen molar-refractivity contribution in [3.63, 3.8) is 0 Å². The van der Waals surface area contributed by atoms with E-state index in [1.54, 1.807) is 25.3 Å². The highest BCUT2D eigenvalue weighted by Gasteiger charge is 2.11. The molecule has 0 aromatic heterocycles. The summed E-state index contributed by atoms with van der Waals surface area (Å²) >= 11 is 9.30. The number of rotatable bonds is 5. The van der Waals surface area contributed by atoms with Gasteiger partial charge in [0.1, 0.15) is 5.82 Å². The van der Waals surface area contributed by atoms with Crippen LogP contribution in [-0.2, 0) is 6.54 Å². The van der Waals surface area contributed by atoms with Crippen LogP contribution in [0.4, 0.5) is 10.1 Å². The van der Waals surface area contributed by atoms with E-state index >= 15 is 0 Å². The van der Waals surface area contributed by atoms with Gasteiger partial charge < -0.3 is 14.8 Å². The van der Waals surface area contributed by atoms with E-state index in [4.69, 9.17) is 21.1 Å². The maximum absolute atomic E-state index is 13.2. The van der Waals surface area contributed by atoms with Crippen LogP contribution in [-0.4, -0.2) is 14.2 Å². The van der Waals surface area contributed by atoms with E-state index in [9.17, 15) is 4.39 Å². The number of benzene rings is 2. The molecule has 0 amide bonds. The molecule has 0 aliphatic rings. The first-order chi connectivity index (χ1) is 10.0. The van der Waals surface area contributed by atoms with Crippen molar-refractivity contribution in [1.82, 2.24) is 0 Å². The SMILES string of the molecule is COc1cc(CNc2ccc(F)c(Br)c2)cc(Cl)c1OC. The van der Waals surface area contributed by atoms with Crippen LogP contribution < -0.4 is 14.8 Å². The van der Waals surface area contributed by atoms with Crippen LogP contribution in [0.3, 0.4) is 0 Å². The smallest absolute Gasteiger partial charge is 0.179 e. The summed E-state index contributed by atoms with van der Waals surface area (Å²) in [5.74, 6) is 0.782. The summed E-state index contributed by atoms with van der Waals surface area (Å²) in [5, 5.41) is 3.67. The van der Waals surface area contributed by atoms with Crippen molar-refractivity contribution < 1.29 is 13.9 Å². The monoisotopic (exact) mass is 373 g/mol. The van der Waals surface area contributed by atoms with Crippen LogP contribution in [0.2, 0.25) is 5.02 Å². The molecule has 0 aliphatic carbocycles. The Labute approximate surface area is 136 Å². The zero-order valence-corrected chi connectivity index (χ0v) is 13.9. The van der Waals surface area contributed by atoms with Gasteiger partial charge in [0, 0.05) is 12.2 Å². The van der Waals surface area contributed by atoms with Crippen LogP contribution >= 0.6 is 27.5 Å². The lowest BCUT2D eigenvalue weighted by molar-refractivity contribution is 0.355. The fourth-order valence-corrected chi connectivity index (χ4v) is 2.57. The molecule has 0 saturated heterocycles. The molecule has 2 rings (SSSR count). The van der Waals surface area contributed by atoms with E-state index in [1.165, 1.54) is 13.2 Å². The molecule has 0 fully saturated rings. The van der Waals surface area contributed by atoms with Crippen LogP contribution in [0, 0.1) is 5.82 Å². The number of methoxy groups -OCH3 is 2. The van der Waals surface area contributed by atoms with E-state index in [2.05, 4.69) is 21.2 Å². The van der Waals surface area contributed by atoms with Crippen LogP contribution in [0.25, 0.3) is 0 Å². The van der Waals surface area contributed by atoms with E-state index in [-0.39, 0.29) is 5.82 Å². The molecule has 1 N–H and O–H groups in total. The third-order valence-electron chi connectivity index (χ3n) is 2.91. The molecule has 0 aliphatic heterocycles. The molecule has 112 valence electrons. The fraction of sp³-hybridized carbons (Fsp3) is 0.200. The maximum Gasteiger partial charge on any atom is 0.179 e. The first kappa shape index (κ1) is 15.9. The second-order valence-corrected chi connectivity index (χ2v) is 5.56. The highest BCUT2D eigenvalue weighted by atomic mass is 79.9. The number of ether oxygens (including phenoxy) is 2. The molecule has 0 spiro atoms. The molecule has 21 heavy (non-hydrogen) atoms. The minimum atomic E-state index is -0.297. The summed E-state index contributed by atoms with van der Waals surface area (Å²) in [5.41, 5.74) is 1.73. The van der Waals surface area contributed by atoms with Gasteiger partial charge in [-0.2, -0.15) is 0 Å². The van der Waals surface area contributed by atoms with Gasteiger partial charge in [0.15, 0.2) is 11.5 Å². The fourth-order valence-electron chi connectivity index (χ4n) is 1.88. The van der Waals surface area contributed by atoms with Gasteiger partial charge in [0.2, 0.25) is 0 Å². The number of hydrogen-bond acceptors (Lipinski definition) is 3. The Morgan fingerprint density at radius 1 is 1.19 bits per heavy atom. The lowest BCUT2D eigenvalue weighted by atomic mass is 10.2. The molecule has 0 atom stereocenters. The highest BCUT2D eigenvalue weighted by Crippen LogP contribution is 2.36. The first-order valence-corrected chi connectivity index (χ1v) is 7.31. The summed E-state index contributed by atoms with van der Waals surface area (Å²) in [7, 11) is 3.10. The van der Waals surface area contributed by atoms with Crippen molar-refractivity contribution in [2.75, 3.05) is 19.5 Å². The largest absolute Gasteiger partial charge is 0.493 e. The Bertz CT molecular complexity index is 652. The number of anilines is 1. The Hall–Kier alpha value is -1.46. The summed E-state index contributed by atoms with van der Waals surface area (Å²) in [6.45, 7) is 0.526. The van der Waals surface area contributed by atoms with E-state index in [0.29, 0.717) is 27.5 Å². The van der Waals surface area contributed by atoms with Crippen molar-refractivity contribution in [1.29, 1.82) is 0 Å². The third-order valence-corrected chi connectivity index (χ3v) is 3.80. The molecule has 0 unspecified atom stereocenters. The molecule has 0 heterocycles. The Balaban J connectivity index is 2.16. The molecule has 0 bridgehead atoms. The maximum atomic E-state index is 13.2. The molecule has 2 aromatic rings. The lowest BCUT2D eigenvalue weighted by Gasteiger charge is -2.13. The average molecular weight is 375 g/mol. The third kappa shape index (κ3) is 3.80. The molecule has 0 radical (unpaired) electrons. The Morgan fingerprint density at radius 2 is 1.95 bits per heavy atom. The quantitative estimate of drug-likeness (QED) is 0.810. The minimum absolute atomic E-state index is 0.297. The van der Waals surface area contributed by atoms with Gasteiger partial charge >= 0.3 is 0 Å². The van der Waals surface area contributed by atoms with Gasteiger partial charge in [-0.25, -0.2) is 4.39 Å². The summed E-state index contributed by atoms with van der Waals surface area (Å²) < 4.78 is 24.0. The average Bonchev–Trinajstić information content (AvgIpc) is 2.47. The highest BCUT2D eigenvalue weighted by molar-refractivity contribution is 9.10. The standard InChI is InChI=1S/C15H14BrClFNO2/c1-20-14-6-9(5-12(17)15(14)21-2)8-19-10-3-4-13(18)11(16)7-10/h3-7,19H,8H2,1-2H3. The number of halogens is 3. The van der Waals surface area contributed by atoms with Crippen molar-refractivity contribution in [2.24, 2.45) is 0 Å². The topological polar surface area (TPSA) is 30.5 Å². The van der Waals surface area contributed by atoms with Gasteiger partial charge in [-0.3, -0.25) is 0 Å². The molecular formula is C15H14BrClFNO2. The van der Waals surface area contributed by atoms with Gasteiger partial charge in [0.25, 0.3) is 0 Å². The van der Waals surface area contributed by atoms with Gasteiger partial charge in [-0.05, 0) is 51.8 Å². The van der Waals surface area contributed by atoms with Crippen molar-refractivity contribution in [2.45, 2.75) is 6.54 Å². The Kier molecular flexibility index (Phi) is 5.31. The molecular weight excluding hydrogens is 361 g/mol. The second-order valence-electron chi connectivity index (χ2n) is 4.30. The number of hydrogen-bond donors (Lipinski definition) is 1. The lowest BCUT2D eigenvalue weighted by Crippen LogP contribution is -2.01. The Morgan fingerprint density at radius 3 is 2.57 bits per heavy atom. The predicted octanol–water partition coefficient (Wildman–Crippen LogP) is 4.87. The first-order valence-electron chi connectivity index (χ1n) is 6.14. The van der Waals surface area contributed by atoms with E-state index in [0.717, 1.165) is 11.3 Å². The normalized spacial score (nSPS) is 10.3. The minimum Gasteiger partial charge on any atom is -0.493 e. The summed E-state index contributed by atoms with van der Waals surface area (Å²) in [6.07, 6.45) is 0. The van der Waals surface area contributed by atoms with Gasteiger partial charge in [0.05, 0.1) is 23.7 Å². The van der Waals surface area contributed by atoms with Gasteiger partial charge in [-0.1, -0.05) is 11.6 Å². The zero-order valence-electron chi connectivity index (χ0n) is 11.5. The van der Waals surface area contributed by atoms with Gasteiger partial charge in [-0.15, -0.1) is 0 Å². The van der Waals surface area contributed by atoms with E-state index in [1.807, 2.05) is 6.07 Å². The van der Waals surface area contributed by atoms with Crippen LogP contribution in [0.5, 0.6) is 11.5 Å². The van der Waals surface area contributed by atoms with Crippen LogP contribution in [0.1, 0.15) is 5.56 Å². The second kappa shape index (κ2) is 7.00. The molecule has 0 saturated carbocycles. The van der Waals surface area contributed by atoms with Crippen LogP contribution in [0.15, 0.2) is 34.8 Å². The molecule has 6 heteroatoms. The van der Waals surface area contributed by atoms with Crippen molar-refractivity contribution in [3.8, 4) is 11.5 Å². The summed E-state index contributed by atoms with van der Waals surface area (Å²) in [4.78, 5) is 0. The number of nitrogens with one attached hydrogen (secondary N) is 1. The zero-order chi connectivity index (χ0) is 15.4. The molecule has 3 nitrogen and oxygen atoms in total.